The zero-order chi connectivity index (χ0) is 14.5. The Labute approximate surface area is 122 Å². The minimum absolute atomic E-state index is 0.207. The van der Waals surface area contributed by atoms with Gasteiger partial charge in [-0.3, -0.25) is 4.79 Å². The molecule has 1 amide bonds. The standard InChI is InChI=1S/C17H27NO2/c1-12-4-5-13(2)14(10-12)11-17(19)18-15-6-8-16(20-3)9-7-15/h4-5,14-16H,6-11H2,1-3H3,(H,18,19)/t14?,15-,16+. The van der Waals surface area contributed by atoms with E-state index in [2.05, 4.69) is 31.3 Å². The Hall–Kier alpha value is -1.09. The maximum absolute atomic E-state index is 12.2. The smallest absolute Gasteiger partial charge is 0.220 e. The molecular formula is C17H27NO2. The summed E-state index contributed by atoms with van der Waals surface area (Å²) in [5.74, 6) is 0.591. The first-order valence-electron chi connectivity index (χ1n) is 7.74. The van der Waals surface area contributed by atoms with Gasteiger partial charge >= 0.3 is 0 Å². The van der Waals surface area contributed by atoms with Gasteiger partial charge in [0.05, 0.1) is 6.10 Å². The summed E-state index contributed by atoms with van der Waals surface area (Å²) in [6, 6.07) is 0.346. The molecule has 1 unspecified atom stereocenters. The Kier molecular flexibility index (Phi) is 5.41. The maximum Gasteiger partial charge on any atom is 0.220 e. The number of hydrogen-bond acceptors (Lipinski definition) is 2. The van der Waals surface area contributed by atoms with Crippen LogP contribution in [0.15, 0.2) is 23.3 Å². The summed E-state index contributed by atoms with van der Waals surface area (Å²) in [4.78, 5) is 12.2. The number of carbonyl (C=O) groups excluding carboxylic acids is 1. The molecule has 1 atom stereocenters. The van der Waals surface area contributed by atoms with E-state index in [0.29, 0.717) is 24.5 Å². The van der Waals surface area contributed by atoms with Crippen LogP contribution in [0.2, 0.25) is 0 Å². The van der Waals surface area contributed by atoms with Gasteiger partial charge in [0.1, 0.15) is 0 Å². The molecule has 112 valence electrons. The largest absolute Gasteiger partial charge is 0.381 e. The third kappa shape index (κ3) is 4.20. The molecule has 1 fully saturated rings. The molecule has 2 aliphatic carbocycles. The van der Waals surface area contributed by atoms with Crippen molar-refractivity contribution in [2.75, 3.05) is 7.11 Å². The van der Waals surface area contributed by atoms with Gasteiger partial charge in [0, 0.05) is 19.6 Å². The van der Waals surface area contributed by atoms with Gasteiger partial charge in [-0.05, 0) is 51.9 Å². The number of rotatable bonds is 4. The summed E-state index contributed by atoms with van der Waals surface area (Å²) >= 11 is 0. The molecule has 1 saturated carbocycles. The summed E-state index contributed by atoms with van der Waals surface area (Å²) in [6.45, 7) is 4.27. The lowest BCUT2D eigenvalue weighted by molar-refractivity contribution is -0.122. The zero-order valence-electron chi connectivity index (χ0n) is 12.9. The molecule has 0 bridgehead atoms. The monoisotopic (exact) mass is 277 g/mol. The van der Waals surface area contributed by atoms with E-state index in [1.54, 1.807) is 7.11 Å². The third-order valence-corrected chi connectivity index (χ3v) is 4.65. The number of hydrogen-bond donors (Lipinski definition) is 1. The summed E-state index contributed by atoms with van der Waals surface area (Å²) in [5.41, 5.74) is 2.70. The second-order valence-electron chi connectivity index (χ2n) is 6.31. The van der Waals surface area contributed by atoms with Crippen LogP contribution in [0.25, 0.3) is 0 Å². The van der Waals surface area contributed by atoms with Gasteiger partial charge in [0.15, 0.2) is 0 Å². The average molecular weight is 277 g/mol. The van der Waals surface area contributed by atoms with Crippen LogP contribution in [-0.4, -0.2) is 25.2 Å². The Morgan fingerprint density at radius 2 is 1.95 bits per heavy atom. The Balaban J connectivity index is 1.76. The van der Waals surface area contributed by atoms with E-state index in [9.17, 15) is 4.79 Å². The fraction of sp³-hybridized carbons (Fsp3) is 0.706. The zero-order valence-corrected chi connectivity index (χ0v) is 12.9. The van der Waals surface area contributed by atoms with Crippen molar-refractivity contribution in [1.82, 2.24) is 5.32 Å². The van der Waals surface area contributed by atoms with E-state index in [1.165, 1.54) is 11.1 Å². The number of carbonyl (C=O) groups is 1. The lowest BCUT2D eigenvalue weighted by Crippen LogP contribution is -2.39. The first kappa shape index (κ1) is 15.3. The first-order valence-corrected chi connectivity index (χ1v) is 7.74. The van der Waals surface area contributed by atoms with E-state index >= 15 is 0 Å². The first-order chi connectivity index (χ1) is 9.58. The number of allylic oxidation sites excluding steroid dienone is 4. The van der Waals surface area contributed by atoms with Crippen LogP contribution >= 0.6 is 0 Å². The highest BCUT2D eigenvalue weighted by Crippen LogP contribution is 2.28. The molecule has 3 nitrogen and oxygen atoms in total. The molecule has 0 saturated heterocycles. The Morgan fingerprint density at radius 1 is 1.25 bits per heavy atom. The fourth-order valence-electron chi connectivity index (χ4n) is 3.21. The molecule has 3 heteroatoms. The highest BCUT2D eigenvalue weighted by molar-refractivity contribution is 5.77. The lowest BCUT2D eigenvalue weighted by Gasteiger charge is -2.29. The Bertz CT molecular complexity index is 403. The van der Waals surface area contributed by atoms with E-state index < -0.39 is 0 Å². The molecule has 0 radical (unpaired) electrons. The number of amides is 1. The normalized spacial score (nSPS) is 30.4. The summed E-state index contributed by atoms with van der Waals surface area (Å²) < 4.78 is 5.37. The van der Waals surface area contributed by atoms with E-state index in [-0.39, 0.29) is 5.91 Å². The van der Waals surface area contributed by atoms with Crippen molar-refractivity contribution >= 4 is 5.91 Å². The van der Waals surface area contributed by atoms with Crippen LogP contribution in [0.4, 0.5) is 0 Å². The second kappa shape index (κ2) is 7.07. The molecule has 0 aromatic heterocycles. The van der Waals surface area contributed by atoms with Crippen molar-refractivity contribution in [2.45, 2.75) is 64.5 Å². The van der Waals surface area contributed by atoms with Gasteiger partial charge in [-0.1, -0.05) is 23.3 Å². The van der Waals surface area contributed by atoms with Crippen molar-refractivity contribution in [3.05, 3.63) is 23.3 Å². The summed E-state index contributed by atoms with van der Waals surface area (Å²) in [5, 5.41) is 3.21. The molecule has 0 heterocycles. The molecule has 1 N–H and O–H groups in total. The molecule has 0 spiro atoms. The van der Waals surface area contributed by atoms with Crippen LogP contribution in [0, 0.1) is 5.92 Å². The molecule has 0 aromatic carbocycles. The van der Waals surface area contributed by atoms with Gasteiger partial charge in [-0.25, -0.2) is 0 Å². The minimum atomic E-state index is 0.207. The molecule has 0 aliphatic heterocycles. The maximum atomic E-state index is 12.2. The number of nitrogens with one attached hydrogen (secondary N) is 1. The fourth-order valence-corrected chi connectivity index (χ4v) is 3.21. The number of methoxy groups -OCH3 is 1. The van der Waals surface area contributed by atoms with E-state index in [1.807, 2.05) is 0 Å². The van der Waals surface area contributed by atoms with Gasteiger partial charge in [-0.2, -0.15) is 0 Å². The molecular weight excluding hydrogens is 250 g/mol. The van der Waals surface area contributed by atoms with Crippen LogP contribution in [0.3, 0.4) is 0 Å². The molecule has 20 heavy (non-hydrogen) atoms. The van der Waals surface area contributed by atoms with Crippen molar-refractivity contribution in [2.24, 2.45) is 5.92 Å². The molecule has 2 rings (SSSR count). The molecule has 0 aromatic rings. The van der Waals surface area contributed by atoms with Crippen LogP contribution in [0.5, 0.6) is 0 Å². The third-order valence-electron chi connectivity index (χ3n) is 4.65. The summed E-state index contributed by atoms with van der Waals surface area (Å²) in [7, 11) is 1.78. The predicted octanol–water partition coefficient (Wildman–Crippen LogP) is 3.36. The van der Waals surface area contributed by atoms with Gasteiger partial charge in [-0.15, -0.1) is 0 Å². The predicted molar refractivity (Wildman–Crippen MR) is 81.4 cm³/mol. The van der Waals surface area contributed by atoms with Crippen LogP contribution in [0.1, 0.15) is 52.4 Å². The lowest BCUT2D eigenvalue weighted by atomic mass is 9.85. The van der Waals surface area contributed by atoms with Crippen molar-refractivity contribution in [1.29, 1.82) is 0 Å². The SMILES string of the molecule is CO[C@H]1CC[C@@H](NC(=O)CC2CC(C)=CC=C2C)CC1. The van der Waals surface area contributed by atoms with E-state index in [4.69, 9.17) is 4.74 Å². The van der Waals surface area contributed by atoms with E-state index in [0.717, 1.165) is 32.1 Å². The van der Waals surface area contributed by atoms with Gasteiger partial charge in [0.25, 0.3) is 0 Å². The van der Waals surface area contributed by atoms with Gasteiger partial charge < -0.3 is 10.1 Å². The van der Waals surface area contributed by atoms with Crippen molar-refractivity contribution in [3.8, 4) is 0 Å². The van der Waals surface area contributed by atoms with Crippen LogP contribution < -0.4 is 5.32 Å². The van der Waals surface area contributed by atoms with Crippen molar-refractivity contribution < 1.29 is 9.53 Å². The quantitative estimate of drug-likeness (QED) is 0.855. The molecule has 2 aliphatic rings. The highest BCUT2D eigenvalue weighted by Gasteiger charge is 2.24. The topological polar surface area (TPSA) is 38.3 Å². The highest BCUT2D eigenvalue weighted by atomic mass is 16.5. The van der Waals surface area contributed by atoms with Crippen LogP contribution in [-0.2, 0) is 9.53 Å². The minimum Gasteiger partial charge on any atom is -0.381 e. The second-order valence-corrected chi connectivity index (χ2v) is 6.31. The van der Waals surface area contributed by atoms with Crippen molar-refractivity contribution in [3.63, 3.8) is 0 Å². The van der Waals surface area contributed by atoms with Gasteiger partial charge in [0.2, 0.25) is 5.91 Å². The average Bonchev–Trinajstić information content (AvgIpc) is 2.43. The Morgan fingerprint density at radius 3 is 2.60 bits per heavy atom. The summed E-state index contributed by atoms with van der Waals surface area (Å²) in [6.07, 6.45) is 10.6. The number of ether oxygens (including phenoxy) is 1.